The maximum Gasteiger partial charge on any atom is 0.323 e. The number of rotatable bonds is 10. The quantitative estimate of drug-likeness (QED) is 0.416. The van der Waals surface area contributed by atoms with Crippen molar-refractivity contribution in [3.05, 3.63) is 65.7 Å². The Labute approximate surface area is 199 Å². The molecule has 0 spiro atoms. The van der Waals surface area contributed by atoms with Crippen molar-refractivity contribution in [3.8, 4) is 0 Å². The fourth-order valence-electron chi connectivity index (χ4n) is 4.24. The minimum atomic E-state index is -1.06. The van der Waals surface area contributed by atoms with Crippen molar-refractivity contribution in [2.45, 2.75) is 45.3 Å². The van der Waals surface area contributed by atoms with Gasteiger partial charge in [0.25, 0.3) is 11.8 Å². The largest absolute Gasteiger partial charge is 0.498 e. The second kappa shape index (κ2) is 9.75. The number of carbonyl (C=O) groups excluding carboxylic acids is 2. The van der Waals surface area contributed by atoms with Gasteiger partial charge in [-0.1, -0.05) is 12.6 Å². The molecule has 2 atom stereocenters. The van der Waals surface area contributed by atoms with Gasteiger partial charge >= 0.3 is 5.97 Å². The molecule has 8 nitrogen and oxygen atoms in total. The molecule has 1 saturated carbocycles. The number of ether oxygens (including phenoxy) is 2. The number of hydrogen-bond donors (Lipinski definition) is 1. The van der Waals surface area contributed by atoms with Crippen molar-refractivity contribution >= 4 is 23.5 Å². The van der Waals surface area contributed by atoms with Crippen LogP contribution in [-0.4, -0.2) is 53.6 Å². The van der Waals surface area contributed by atoms with Gasteiger partial charge in [-0.2, -0.15) is 0 Å². The number of carboxylic acids is 1. The molecule has 0 bridgehead atoms. The molecule has 1 aliphatic carbocycles. The lowest BCUT2D eigenvalue weighted by molar-refractivity contribution is -0.138. The van der Waals surface area contributed by atoms with Crippen molar-refractivity contribution < 1.29 is 29.0 Å². The molecule has 4 rings (SSSR count). The predicted molar refractivity (Wildman–Crippen MR) is 126 cm³/mol. The molecule has 0 radical (unpaired) electrons. The summed E-state index contributed by atoms with van der Waals surface area (Å²) in [4.78, 5) is 39.9. The number of benzene rings is 1. The van der Waals surface area contributed by atoms with Crippen LogP contribution < -0.4 is 4.90 Å². The normalized spacial score (nSPS) is 22.8. The molecular weight excluding hydrogens is 436 g/mol. The Bertz CT molecular complexity index is 1070. The first-order valence-electron chi connectivity index (χ1n) is 11.6. The summed E-state index contributed by atoms with van der Waals surface area (Å²) in [5.41, 5.74) is 1.79. The summed E-state index contributed by atoms with van der Waals surface area (Å²) in [7, 11) is 0. The highest BCUT2D eigenvalue weighted by Gasteiger charge is 2.38. The zero-order chi connectivity index (χ0) is 24.4. The van der Waals surface area contributed by atoms with Gasteiger partial charge in [0.05, 0.1) is 18.4 Å². The molecule has 2 heterocycles. The average molecular weight is 467 g/mol. The third-order valence-corrected chi connectivity index (χ3v) is 6.42. The van der Waals surface area contributed by atoms with E-state index in [0.29, 0.717) is 35.9 Å². The van der Waals surface area contributed by atoms with E-state index in [-0.39, 0.29) is 24.4 Å². The summed E-state index contributed by atoms with van der Waals surface area (Å²) in [6.45, 7) is 8.28. The van der Waals surface area contributed by atoms with Gasteiger partial charge in [-0.3, -0.25) is 14.4 Å². The van der Waals surface area contributed by atoms with Crippen molar-refractivity contribution in [1.82, 2.24) is 4.90 Å². The Hall–Kier alpha value is -3.55. The van der Waals surface area contributed by atoms with E-state index in [9.17, 15) is 14.4 Å². The van der Waals surface area contributed by atoms with Crippen molar-refractivity contribution in [1.29, 1.82) is 0 Å². The first kappa shape index (κ1) is 23.6. The number of aliphatic carboxylic acids is 1. The van der Waals surface area contributed by atoms with Crippen LogP contribution in [0.4, 0.5) is 5.69 Å². The summed E-state index contributed by atoms with van der Waals surface area (Å²) in [5, 5.41) is 9.11. The molecule has 1 aromatic rings. The summed E-state index contributed by atoms with van der Waals surface area (Å²) in [6, 6.07) is 4.92. The van der Waals surface area contributed by atoms with Gasteiger partial charge in [0.2, 0.25) is 0 Å². The first-order valence-corrected chi connectivity index (χ1v) is 11.6. The highest BCUT2D eigenvalue weighted by molar-refractivity contribution is 6.04. The lowest BCUT2D eigenvalue weighted by atomic mass is 10.0. The number of amides is 2. The number of allylic oxidation sites excluding steroid dienone is 4. The zero-order valence-corrected chi connectivity index (χ0v) is 19.5. The lowest BCUT2D eigenvalue weighted by Gasteiger charge is -2.19. The third-order valence-electron chi connectivity index (χ3n) is 6.42. The molecule has 3 aliphatic rings. The van der Waals surface area contributed by atoms with E-state index in [1.807, 2.05) is 13.0 Å². The van der Waals surface area contributed by atoms with Gasteiger partial charge in [-0.15, -0.1) is 0 Å². The van der Waals surface area contributed by atoms with Gasteiger partial charge in [-0.25, -0.2) is 0 Å². The molecule has 2 aliphatic heterocycles. The van der Waals surface area contributed by atoms with Crippen LogP contribution in [0.3, 0.4) is 0 Å². The number of hydrogen-bond acceptors (Lipinski definition) is 5. The van der Waals surface area contributed by atoms with Crippen LogP contribution in [0, 0.1) is 5.92 Å². The van der Waals surface area contributed by atoms with Gasteiger partial charge in [-0.05, 0) is 68.5 Å². The predicted octanol–water partition coefficient (Wildman–Crippen LogP) is 3.81. The molecule has 1 aromatic carbocycles. The molecule has 2 amide bonds. The van der Waals surface area contributed by atoms with E-state index in [1.54, 1.807) is 42.2 Å². The van der Waals surface area contributed by atoms with E-state index in [4.69, 9.17) is 14.6 Å². The van der Waals surface area contributed by atoms with Crippen LogP contribution >= 0.6 is 0 Å². The smallest absolute Gasteiger partial charge is 0.323 e. The second-order valence-electron chi connectivity index (χ2n) is 8.96. The van der Waals surface area contributed by atoms with Gasteiger partial charge < -0.3 is 24.4 Å². The SMILES string of the molecule is C=CC(=CC=C(C)OCC1CC1)OC1CCN(c2ccc3c(c2)C(=O)N(CC(=O)O)C3C)C1=O. The molecule has 34 heavy (non-hydrogen) atoms. The summed E-state index contributed by atoms with van der Waals surface area (Å²) < 4.78 is 11.6. The highest BCUT2D eigenvalue weighted by atomic mass is 16.5. The van der Waals surface area contributed by atoms with Crippen molar-refractivity contribution in [2.24, 2.45) is 5.92 Å². The highest BCUT2D eigenvalue weighted by Crippen LogP contribution is 2.36. The third kappa shape index (κ3) is 5.00. The van der Waals surface area contributed by atoms with Crippen LogP contribution in [0.5, 0.6) is 0 Å². The second-order valence-corrected chi connectivity index (χ2v) is 8.96. The van der Waals surface area contributed by atoms with Crippen LogP contribution in [0.1, 0.15) is 55.1 Å². The van der Waals surface area contributed by atoms with E-state index in [1.165, 1.54) is 17.7 Å². The molecule has 2 unspecified atom stereocenters. The Balaban J connectivity index is 1.42. The molecule has 0 aromatic heterocycles. The number of nitrogens with zero attached hydrogens (tertiary/aromatic N) is 2. The Morgan fingerprint density at radius 1 is 1.24 bits per heavy atom. The van der Waals surface area contributed by atoms with Crippen LogP contribution in [-0.2, 0) is 19.1 Å². The van der Waals surface area contributed by atoms with Gasteiger partial charge in [0.15, 0.2) is 6.10 Å². The molecule has 1 N–H and O–H groups in total. The van der Waals surface area contributed by atoms with Crippen LogP contribution in [0.15, 0.2) is 54.5 Å². The first-order chi connectivity index (χ1) is 16.3. The van der Waals surface area contributed by atoms with E-state index < -0.39 is 12.1 Å². The number of anilines is 1. The Kier molecular flexibility index (Phi) is 6.77. The van der Waals surface area contributed by atoms with Crippen LogP contribution in [0.25, 0.3) is 0 Å². The monoisotopic (exact) mass is 466 g/mol. The maximum absolute atomic E-state index is 13.1. The number of carboxylic acid groups (broad SMARTS) is 1. The molecular formula is C26H30N2O6. The zero-order valence-electron chi connectivity index (χ0n) is 19.5. The molecule has 180 valence electrons. The maximum atomic E-state index is 13.1. The minimum Gasteiger partial charge on any atom is -0.498 e. The number of fused-ring (bicyclic) bond motifs is 1. The summed E-state index contributed by atoms with van der Waals surface area (Å²) in [5.74, 6) is 0.337. The molecule has 1 saturated heterocycles. The Morgan fingerprint density at radius 2 is 2.00 bits per heavy atom. The summed E-state index contributed by atoms with van der Waals surface area (Å²) in [6.07, 6.45) is 7.41. The van der Waals surface area contributed by atoms with Crippen molar-refractivity contribution in [2.75, 3.05) is 24.6 Å². The fourth-order valence-corrected chi connectivity index (χ4v) is 4.24. The average Bonchev–Trinajstić information content (AvgIpc) is 3.54. The topological polar surface area (TPSA) is 96.4 Å². The fraction of sp³-hybridized carbons (Fsp3) is 0.423. The van der Waals surface area contributed by atoms with Gasteiger partial charge in [0, 0.05) is 24.2 Å². The van der Waals surface area contributed by atoms with E-state index in [0.717, 1.165) is 17.9 Å². The standard InChI is InChI=1S/C26H30N2O6/c1-4-20(9-5-16(2)33-15-18-6-7-18)34-23-11-12-27(26(23)32)19-8-10-21-17(3)28(14-24(29)30)25(31)22(21)13-19/h4-5,8-10,13,17-18,23H,1,6-7,11-12,14-15H2,2-3H3,(H,29,30). The van der Waals surface area contributed by atoms with Crippen LogP contribution in [0.2, 0.25) is 0 Å². The van der Waals surface area contributed by atoms with Crippen molar-refractivity contribution in [3.63, 3.8) is 0 Å². The summed E-state index contributed by atoms with van der Waals surface area (Å²) >= 11 is 0. The van der Waals surface area contributed by atoms with E-state index >= 15 is 0 Å². The lowest BCUT2D eigenvalue weighted by Crippen LogP contribution is -2.32. The minimum absolute atomic E-state index is 0.195. The van der Waals surface area contributed by atoms with E-state index in [2.05, 4.69) is 6.58 Å². The molecule has 8 heteroatoms. The Morgan fingerprint density at radius 3 is 2.68 bits per heavy atom. The molecule has 2 fully saturated rings. The number of carbonyl (C=O) groups is 3. The van der Waals surface area contributed by atoms with Gasteiger partial charge in [0.1, 0.15) is 12.3 Å².